The molecule has 2 heteroatoms. The highest BCUT2D eigenvalue weighted by molar-refractivity contribution is 7.98. The molecule has 0 fully saturated rings. The van der Waals surface area contributed by atoms with Gasteiger partial charge in [-0.1, -0.05) is 19.3 Å². The van der Waals surface area contributed by atoms with Gasteiger partial charge in [-0.3, -0.25) is 0 Å². The van der Waals surface area contributed by atoms with Gasteiger partial charge in [0, 0.05) is 6.42 Å². The molecule has 0 unspecified atom stereocenters. The van der Waals surface area contributed by atoms with Gasteiger partial charge in [0.25, 0.3) is 0 Å². The molecule has 11 heavy (non-hydrogen) atoms. The lowest BCUT2D eigenvalue weighted by Crippen LogP contribution is -1.82. The minimum atomic E-state index is 0.753. The molecule has 0 bridgehead atoms. The van der Waals surface area contributed by atoms with Gasteiger partial charge >= 0.3 is 0 Å². The summed E-state index contributed by atoms with van der Waals surface area (Å²) < 4.78 is 0. The number of unbranched alkanes of at least 4 members (excludes halogenated alkanes) is 5. The molecule has 0 saturated heterocycles. The highest BCUT2D eigenvalue weighted by Gasteiger charge is 1.89. The molecule has 0 radical (unpaired) electrons. The topological polar surface area (TPSA) is 17.1 Å². The summed E-state index contributed by atoms with van der Waals surface area (Å²) in [5, 5.41) is 0. The third kappa shape index (κ3) is 10.0. The maximum Gasteiger partial charge on any atom is 0.119 e. The third-order valence-electron chi connectivity index (χ3n) is 1.67. The Balaban J connectivity index is 2.74. The van der Waals surface area contributed by atoms with Crippen molar-refractivity contribution in [1.82, 2.24) is 0 Å². The van der Waals surface area contributed by atoms with Crippen LogP contribution in [0, 0.1) is 0 Å². The lowest BCUT2D eigenvalue weighted by atomic mass is 10.1. The van der Waals surface area contributed by atoms with Crippen LogP contribution in [0.15, 0.2) is 0 Å². The molecule has 0 N–H and O–H groups in total. The average Bonchev–Trinajstić information content (AvgIpc) is 2.03. The van der Waals surface area contributed by atoms with Crippen molar-refractivity contribution in [3.63, 3.8) is 0 Å². The summed E-state index contributed by atoms with van der Waals surface area (Å²) in [7, 11) is 0. The molecule has 0 atom stereocenters. The number of thioether (sulfide) groups is 1. The van der Waals surface area contributed by atoms with E-state index < -0.39 is 0 Å². The van der Waals surface area contributed by atoms with Gasteiger partial charge in [0.15, 0.2) is 0 Å². The highest BCUT2D eigenvalue weighted by atomic mass is 32.2. The van der Waals surface area contributed by atoms with Gasteiger partial charge in [-0.2, -0.15) is 11.8 Å². The molecule has 0 aromatic rings. The minimum absolute atomic E-state index is 0.753. The largest absolute Gasteiger partial charge is 0.303 e. The SMILES string of the molecule is CSCCCCCCCC=O. The van der Waals surface area contributed by atoms with E-state index in [1.165, 1.54) is 31.4 Å². The third-order valence-corrected chi connectivity index (χ3v) is 2.37. The molecule has 0 aromatic carbocycles. The molecule has 0 aliphatic carbocycles. The molecule has 0 spiro atoms. The van der Waals surface area contributed by atoms with Crippen LogP contribution in [0.3, 0.4) is 0 Å². The first-order valence-electron chi connectivity index (χ1n) is 4.34. The second-order valence-electron chi connectivity index (χ2n) is 2.72. The second-order valence-corrected chi connectivity index (χ2v) is 3.70. The Labute approximate surface area is 73.9 Å². The Kier molecular flexibility index (Phi) is 10.0. The van der Waals surface area contributed by atoms with Crippen LogP contribution >= 0.6 is 11.8 Å². The van der Waals surface area contributed by atoms with Crippen LogP contribution < -0.4 is 0 Å². The maximum absolute atomic E-state index is 9.94. The van der Waals surface area contributed by atoms with Gasteiger partial charge in [0.2, 0.25) is 0 Å². The van der Waals surface area contributed by atoms with E-state index in [0.29, 0.717) is 0 Å². The highest BCUT2D eigenvalue weighted by Crippen LogP contribution is 2.06. The second kappa shape index (κ2) is 10.0. The number of carbonyl (C=O) groups excluding carboxylic acids is 1. The Morgan fingerprint density at radius 1 is 1.09 bits per heavy atom. The smallest absolute Gasteiger partial charge is 0.119 e. The Hall–Kier alpha value is 0.0200. The van der Waals surface area contributed by atoms with E-state index in [2.05, 4.69) is 6.26 Å². The van der Waals surface area contributed by atoms with E-state index in [-0.39, 0.29) is 0 Å². The summed E-state index contributed by atoms with van der Waals surface area (Å²) in [6, 6.07) is 0. The number of rotatable bonds is 8. The van der Waals surface area contributed by atoms with Gasteiger partial charge in [-0.15, -0.1) is 0 Å². The van der Waals surface area contributed by atoms with Crippen LogP contribution in [0.4, 0.5) is 0 Å². The zero-order chi connectivity index (χ0) is 8.36. The monoisotopic (exact) mass is 174 g/mol. The number of hydrogen-bond donors (Lipinski definition) is 0. The number of aldehydes is 1. The zero-order valence-electron chi connectivity index (χ0n) is 7.34. The molecule has 0 heterocycles. The zero-order valence-corrected chi connectivity index (χ0v) is 8.16. The summed E-state index contributed by atoms with van der Waals surface area (Å²) in [5.41, 5.74) is 0. The molecule has 66 valence electrons. The first kappa shape index (κ1) is 11.0. The van der Waals surface area contributed by atoms with E-state index in [4.69, 9.17) is 0 Å². The van der Waals surface area contributed by atoms with Crippen molar-refractivity contribution in [2.24, 2.45) is 0 Å². The van der Waals surface area contributed by atoms with Crippen molar-refractivity contribution in [3.05, 3.63) is 0 Å². The van der Waals surface area contributed by atoms with Crippen molar-refractivity contribution in [2.45, 2.75) is 38.5 Å². The van der Waals surface area contributed by atoms with Gasteiger partial charge < -0.3 is 4.79 Å². The summed E-state index contributed by atoms with van der Waals surface area (Å²) >= 11 is 1.91. The molecular formula is C9H18OS. The van der Waals surface area contributed by atoms with Crippen molar-refractivity contribution in [2.75, 3.05) is 12.0 Å². The molecule has 0 saturated carbocycles. The van der Waals surface area contributed by atoms with Crippen LogP contribution in [0.2, 0.25) is 0 Å². The van der Waals surface area contributed by atoms with E-state index >= 15 is 0 Å². The van der Waals surface area contributed by atoms with Crippen LogP contribution in [-0.2, 0) is 4.79 Å². The number of carbonyl (C=O) groups is 1. The molecular weight excluding hydrogens is 156 g/mol. The Bertz CT molecular complexity index is 83.6. The fraction of sp³-hybridized carbons (Fsp3) is 0.889. The fourth-order valence-electron chi connectivity index (χ4n) is 1.00. The standard InChI is InChI=1S/C9H18OS/c1-11-9-7-5-3-2-4-6-8-10/h8H,2-7,9H2,1H3. The normalized spacial score (nSPS) is 9.91. The molecule has 0 aliphatic rings. The molecule has 0 aromatic heterocycles. The predicted octanol–water partition coefficient (Wildman–Crippen LogP) is 2.89. The van der Waals surface area contributed by atoms with Crippen molar-refractivity contribution >= 4 is 18.0 Å². The van der Waals surface area contributed by atoms with Crippen molar-refractivity contribution < 1.29 is 4.79 Å². The molecule has 0 amide bonds. The van der Waals surface area contributed by atoms with Gasteiger partial charge in [-0.05, 0) is 24.9 Å². The van der Waals surface area contributed by atoms with Crippen molar-refractivity contribution in [3.8, 4) is 0 Å². The number of hydrogen-bond acceptors (Lipinski definition) is 2. The Morgan fingerprint density at radius 2 is 1.73 bits per heavy atom. The van der Waals surface area contributed by atoms with E-state index in [1.807, 2.05) is 11.8 Å². The minimum Gasteiger partial charge on any atom is -0.303 e. The van der Waals surface area contributed by atoms with Gasteiger partial charge in [0.1, 0.15) is 6.29 Å². The van der Waals surface area contributed by atoms with Crippen LogP contribution in [0.5, 0.6) is 0 Å². The quantitative estimate of drug-likeness (QED) is 0.416. The summed E-state index contributed by atoms with van der Waals surface area (Å²) in [5.74, 6) is 1.29. The lowest BCUT2D eigenvalue weighted by molar-refractivity contribution is -0.107. The molecule has 0 rings (SSSR count). The predicted molar refractivity (Wildman–Crippen MR) is 52.1 cm³/mol. The van der Waals surface area contributed by atoms with Crippen LogP contribution in [0.1, 0.15) is 38.5 Å². The van der Waals surface area contributed by atoms with Crippen LogP contribution in [-0.4, -0.2) is 18.3 Å². The summed E-state index contributed by atoms with van der Waals surface area (Å²) in [4.78, 5) is 9.94. The molecule has 0 aliphatic heterocycles. The average molecular weight is 174 g/mol. The van der Waals surface area contributed by atoms with Gasteiger partial charge in [-0.25, -0.2) is 0 Å². The van der Waals surface area contributed by atoms with E-state index in [9.17, 15) is 4.79 Å². The van der Waals surface area contributed by atoms with Crippen molar-refractivity contribution in [1.29, 1.82) is 0 Å². The first-order chi connectivity index (χ1) is 5.41. The van der Waals surface area contributed by atoms with Crippen LogP contribution in [0.25, 0.3) is 0 Å². The van der Waals surface area contributed by atoms with E-state index in [0.717, 1.165) is 19.1 Å². The van der Waals surface area contributed by atoms with E-state index in [1.54, 1.807) is 0 Å². The summed E-state index contributed by atoms with van der Waals surface area (Å²) in [6.07, 6.45) is 10.2. The summed E-state index contributed by atoms with van der Waals surface area (Å²) in [6.45, 7) is 0. The molecule has 1 nitrogen and oxygen atoms in total. The lowest BCUT2D eigenvalue weighted by Gasteiger charge is -1.97. The maximum atomic E-state index is 9.94. The first-order valence-corrected chi connectivity index (χ1v) is 5.73. The Morgan fingerprint density at radius 3 is 2.36 bits per heavy atom. The fourth-order valence-corrected chi connectivity index (χ4v) is 1.50. The van der Waals surface area contributed by atoms with Gasteiger partial charge in [0.05, 0.1) is 0 Å².